The quantitative estimate of drug-likeness (QED) is 0.0722. The average molecular weight is 782 g/mol. The molecule has 0 aliphatic carbocycles. The van der Waals surface area contributed by atoms with Crippen LogP contribution >= 0.6 is 0 Å². The van der Waals surface area contributed by atoms with E-state index in [4.69, 9.17) is 17.3 Å². The lowest BCUT2D eigenvalue weighted by atomic mass is 10.1. The number of aryl methyl sites for hydroxylation is 2. The van der Waals surface area contributed by atoms with Gasteiger partial charge in [0.05, 0.1) is 12.9 Å². The Bertz CT molecular complexity index is 2000. The van der Waals surface area contributed by atoms with Gasteiger partial charge >= 0.3 is 17.3 Å². The molecule has 0 saturated carbocycles. The summed E-state index contributed by atoms with van der Waals surface area (Å²) in [6.45, 7) is 4.33. The molecular formula is C30H35N7O10S4. The maximum atomic E-state index is 12.7. The Kier molecular flexibility index (Phi) is 13.9. The first-order valence-electron chi connectivity index (χ1n) is 14.8. The normalized spacial score (nSPS) is 12.8. The molecule has 0 fully saturated rings. The zero-order chi connectivity index (χ0) is 37.0. The van der Waals surface area contributed by atoms with E-state index in [0.717, 1.165) is 17.4 Å². The van der Waals surface area contributed by atoms with Crippen LogP contribution < -0.4 is 42.9 Å². The molecule has 3 atom stereocenters. The molecule has 51 heavy (non-hydrogen) atoms. The van der Waals surface area contributed by atoms with E-state index in [2.05, 4.69) is 35.8 Å². The summed E-state index contributed by atoms with van der Waals surface area (Å²) in [6.07, 6.45) is 2.72. The van der Waals surface area contributed by atoms with Gasteiger partial charge in [-0.3, -0.25) is 20.3 Å². The highest BCUT2D eigenvalue weighted by molar-refractivity contribution is 7.92. The number of hydrogen-bond acceptors (Lipinski definition) is 13. The molecule has 0 spiro atoms. The number of rotatable bonds is 18. The van der Waals surface area contributed by atoms with Gasteiger partial charge in [-0.2, -0.15) is 4.21 Å². The number of ether oxygens (including phenoxy) is 1. The van der Waals surface area contributed by atoms with Crippen molar-refractivity contribution < 1.29 is 43.1 Å². The summed E-state index contributed by atoms with van der Waals surface area (Å²) in [5.74, 6) is 0.980. The van der Waals surface area contributed by atoms with Crippen LogP contribution in [0.4, 0.5) is 22.0 Å². The molecular weight excluding hydrogens is 747 g/mol. The van der Waals surface area contributed by atoms with Crippen LogP contribution in [-0.4, -0.2) is 62.9 Å². The molecule has 4 aromatic rings. The third kappa shape index (κ3) is 13.3. The van der Waals surface area contributed by atoms with Crippen LogP contribution in [0, 0.1) is 13.8 Å². The standard InChI is InChI=1S/C30H35N7O10S4/c1-20-6-7-21(2)26(18-20)47-50(41)36-22-8-12-24(13-9-22)44-17-5-16-31-30(38)35-34-29-27(46-48(3)39)19-28(32-33-29)49(40)45-25-14-10-23(11-15-25)37-51(4,42)43/h6-15,18-19,36-37H,5,16-17H2,1-4H3,(H,33,34)(H2,31,35,38). The lowest BCUT2D eigenvalue weighted by Crippen LogP contribution is -2.40. The van der Waals surface area contributed by atoms with Crippen molar-refractivity contribution >= 4 is 66.7 Å². The Morgan fingerprint density at radius 2 is 1.51 bits per heavy atom. The van der Waals surface area contributed by atoms with E-state index in [9.17, 15) is 25.8 Å². The van der Waals surface area contributed by atoms with Gasteiger partial charge in [-0.1, -0.05) is 12.1 Å². The molecule has 0 bridgehead atoms. The largest absolute Gasteiger partial charge is 0.494 e. The Morgan fingerprint density at radius 3 is 2.20 bits per heavy atom. The van der Waals surface area contributed by atoms with Crippen molar-refractivity contribution in [3.63, 3.8) is 0 Å². The van der Waals surface area contributed by atoms with Crippen LogP contribution in [0.1, 0.15) is 17.5 Å². The Labute approximate surface area is 302 Å². The highest BCUT2D eigenvalue weighted by Gasteiger charge is 2.17. The number of hydrazine groups is 1. The minimum absolute atomic E-state index is 0.126. The van der Waals surface area contributed by atoms with Crippen LogP contribution in [0.5, 0.6) is 23.0 Å². The molecule has 4 rings (SSSR count). The molecule has 2 amide bonds. The van der Waals surface area contributed by atoms with Gasteiger partial charge in [0.1, 0.15) is 17.2 Å². The van der Waals surface area contributed by atoms with Gasteiger partial charge in [-0.15, -0.1) is 10.2 Å². The van der Waals surface area contributed by atoms with Crippen molar-refractivity contribution in [3.8, 4) is 23.0 Å². The number of sulfonamides is 1. The average Bonchev–Trinajstić information content (AvgIpc) is 3.06. The lowest BCUT2D eigenvalue weighted by Gasteiger charge is -2.13. The molecule has 1 heterocycles. The molecule has 3 unspecified atom stereocenters. The van der Waals surface area contributed by atoms with E-state index < -0.39 is 49.5 Å². The minimum atomic E-state index is -3.47. The van der Waals surface area contributed by atoms with Gasteiger partial charge in [0.15, 0.2) is 10.8 Å². The summed E-state index contributed by atoms with van der Waals surface area (Å²) >= 11 is -5.80. The van der Waals surface area contributed by atoms with Crippen molar-refractivity contribution in [2.45, 2.75) is 25.3 Å². The number of hydrogen-bond donors (Lipinski definition) is 5. The SMILES string of the molecule is Cc1ccc(C)c(OS(=O)Nc2ccc(OCCCNC(=O)NNc3nnc(S(=O)Oc4ccc(NS(C)(=O)=O)cc4)cc3OS(C)=O)cc2)c1. The number of carbonyl (C=O) groups excluding carboxylic acids is 1. The summed E-state index contributed by atoms with van der Waals surface area (Å²) in [4.78, 5) is 12.3. The molecule has 0 radical (unpaired) electrons. The lowest BCUT2D eigenvalue weighted by molar-refractivity contribution is 0.241. The van der Waals surface area contributed by atoms with Crippen LogP contribution in [0.15, 0.2) is 77.8 Å². The minimum Gasteiger partial charge on any atom is -0.494 e. The smallest absolute Gasteiger partial charge is 0.333 e. The zero-order valence-electron chi connectivity index (χ0n) is 27.7. The second-order valence-corrected chi connectivity index (χ2v) is 15.1. The van der Waals surface area contributed by atoms with Crippen LogP contribution in [0.25, 0.3) is 0 Å². The number of nitrogens with one attached hydrogen (secondary N) is 5. The number of urea groups is 1. The first-order valence-corrected chi connectivity index (χ1v) is 20.3. The van der Waals surface area contributed by atoms with E-state index in [1.54, 1.807) is 24.3 Å². The number of benzene rings is 3. The van der Waals surface area contributed by atoms with E-state index in [1.807, 2.05) is 32.0 Å². The maximum Gasteiger partial charge on any atom is 0.333 e. The van der Waals surface area contributed by atoms with Gasteiger partial charge in [-0.25, -0.2) is 21.6 Å². The molecule has 3 aromatic carbocycles. The molecule has 5 N–H and O–H groups in total. The van der Waals surface area contributed by atoms with E-state index in [1.165, 1.54) is 36.6 Å². The number of carbonyl (C=O) groups is 1. The van der Waals surface area contributed by atoms with Gasteiger partial charge in [0, 0.05) is 30.2 Å². The second-order valence-electron chi connectivity index (χ2n) is 10.5. The summed E-state index contributed by atoms with van der Waals surface area (Å²) in [5, 5.41) is 10.1. The summed E-state index contributed by atoms with van der Waals surface area (Å²) in [5.41, 5.74) is 7.58. The van der Waals surface area contributed by atoms with Gasteiger partial charge in [0.25, 0.3) is 11.1 Å². The van der Waals surface area contributed by atoms with Gasteiger partial charge in [-0.05, 0) is 86.0 Å². The first-order chi connectivity index (χ1) is 24.2. The monoisotopic (exact) mass is 781 g/mol. The third-order valence-corrected chi connectivity index (χ3v) is 8.82. The van der Waals surface area contributed by atoms with Crippen molar-refractivity contribution in [2.24, 2.45) is 0 Å². The fourth-order valence-corrected chi connectivity index (χ4v) is 6.22. The Hall–Kier alpha value is -4.99. The summed E-state index contributed by atoms with van der Waals surface area (Å²) < 4.78 is 86.5. The third-order valence-electron chi connectivity index (χ3n) is 6.18. The topological polar surface area (TPSA) is 225 Å². The number of nitrogens with zero attached hydrogens (tertiary/aromatic N) is 2. The maximum absolute atomic E-state index is 12.7. The molecule has 0 aliphatic heterocycles. The fraction of sp³-hybridized carbons (Fsp3) is 0.233. The van der Waals surface area contributed by atoms with Crippen molar-refractivity contribution in [2.75, 3.05) is 40.5 Å². The first kappa shape index (κ1) is 38.8. The molecule has 0 saturated heterocycles. The highest BCUT2D eigenvalue weighted by atomic mass is 32.2. The molecule has 0 aliphatic rings. The number of anilines is 3. The number of aromatic nitrogens is 2. The van der Waals surface area contributed by atoms with E-state index >= 15 is 0 Å². The van der Waals surface area contributed by atoms with Crippen molar-refractivity contribution in [1.29, 1.82) is 0 Å². The highest BCUT2D eigenvalue weighted by Crippen LogP contribution is 2.25. The molecule has 274 valence electrons. The van der Waals surface area contributed by atoms with Crippen LogP contribution in [0.3, 0.4) is 0 Å². The predicted octanol–water partition coefficient (Wildman–Crippen LogP) is 3.40. The second kappa shape index (κ2) is 18.3. The molecule has 17 nitrogen and oxygen atoms in total. The molecule has 21 heteroatoms. The number of amides is 2. The van der Waals surface area contributed by atoms with Crippen LogP contribution in [0.2, 0.25) is 0 Å². The van der Waals surface area contributed by atoms with Crippen molar-refractivity contribution in [1.82, 2.24) is 20.9 Å². The predicted molar refractivity (Wildman–Crippen MR) is 194 cm³/mol. The summed E-state index contributed by atoms with van der Waals surface area (Å²) in [6, 6.07) is 18.6. The fourth-order valence-electron chi connectivity index (χ4n) is 3.88. The van der Waals surface area contributed by atoms with E-state index in [-0.39, 0.29) is 41.2 Å². The zero-order valence-corrected chi connectivity index (χ0v) is 30.9. The van der Waals surface area contributed by atoms with Crippen molar-refractivity contribution in [3.05, 3.63) is 83.9 Å². The van der Waals surface area contributed by atoms with Gasteiger partial charge < -0.3 is 22.6 Å². The Morgan fingerprint density at radius 1 is 0.824 bits per heavy atom. The summed E-state index contributed by atoms with van der Waals surface area (Å²) in [7, 11) is -3.47. The van der Waals surface area contributed by atoms with E-state index in [0.29, 0.717) is 23.6 Å². The Balaban J connectivity index is 1.19. The van der Waals surface area contributed by atoms with Crippen LogP contribution in [-0.2, 0) is 43.5 Å². The van der Waals surface area contributed by atoms with Gasteiger partial charge in [0.2, 0.25) is 26.9 Å². The molecule has 1 aromatic heterocycles.